The third-order valence-corrected chi connectivity index (χ3v) is 4.42. The van der Waals surface area contributed by atoms with Crippen LogP contribution in [-0.2, 0) is 17.9 Å². The molecular formula is C17H30N4O2. The number of likely N-dealkylation sites (tertiary alicyclic amines) is 1. The molecule has 0 radical (unpaired) electrons. The second-order valence-corrected chi connectivity index (χ2v) is 6.87. The van der Waals surface area contributed by atoms with Gasteiger partial charge in [0.2, 0.25) is 0 Å². The van der Waals surface area contributed by atoms with Crippen LogP contribution >= 0.6 is 0 Å². The predicted molar refractivity (Wildman–Crippen MR) is 90.2 cm³/mol. The number of nitrogens with one attached hydrogen (secondary N) is 1. The van der Waals surface area contributed by atoms with Crippen LogP contribution in [-0.4, -0.2) is 47.2 Å². The van der Waals surface area contributed by atoms with Gasteiger partial charge >= 0.3 is 6.03 Å². The Morgan fingerprint density at radius 3 is 2.74 bits per heavy atom. The molecule has 1 saturated heterocycles. The van der Waals surface area contributed by atoms with Gasteiger partial charge in [-0.25, -0.2) is 9.78 Å². The monoisotopic (exact) mass is 322 g/mol. The molecule has 1 aromatic rings. The lowest BCUT2D eigenvalue weighted by Crippen LogP contribution is -2.45. The molecule has 6 heteroatoms. The molecule has 130 valence electrons. The van der Waals surface area contributed by atoms with E-state index in [0.29, 0.717) is 18.4 Å². The van der Waals surface area contributed by atoms with Crippen molar-refractivity contribution in [3.05, 3.63) is 17.7 Å². The van der Waals surface area contributed by atoms with Gasteiger partial charge in [-0.05, 0) is 31.6 Å². The molecule has 0 saturated carbocycles. The molecule has 6 nitrogen and oxygen atoms in total. The first kappa shape index (κ1) is 17.8. The van der Waals surface area contributed by atoms with Gasteiger partial charge in [-0.2, -0.15) is 0 Å². The Labute approximate surface area is 139 Å². The fourth-order valence-corrected chi connectivity index (χ4v) is 2.98. The number of ether oxygens (including phenoxy) is 1. The molecule has 0 unspecified atom stereocenters. The lowest BCUT2D eigenvalue weighted by molar-refractivity contribution is 0.157. The molecular weight excluding hydrogens is 292 g/mol. The van der Waals surface area contributed by atoms with Gasteiger partial charge in [0.15, 0.2) is 0 Å². The van der Waals surface area contributed by atoms with Gasteiger partial charge in [-0.3, -0.25) is 0 Å². The van der Waals surface area contributed by atoms with E-state index in [0.717, 1.165) is 44.8 Å². The lowest BCUT2D eigenvalue weighted by atomic mass is 9.96. The van der Waals surface area contributed by atoms with E-state index in [4.69, 9.17) is 4.74 Å². The van der Waals surface area contributed by atoms with Crippen LogP contribution in [0.3, 0.4) is 0 Å². The third kappa shape index (κ3) is 4.96. The Morgan fingerprint density at radius 2 is 2.13 bits per heavy atom. The molecule has 0 atom stereocenters. The minimum Gasteiger partial charge on any atom is -0.377 e. The number of piperidine rings is 1. The van der Waals surface area contributed by atoms with Gasteiger partial charge in [0, 0.05) is 45.2 Å². The van der Waals surface area contributed by atoms with Gasteiger partial charge < -0.3 is 19.5 Å². The molecule has 1 aliphatic heterocycles. The van der Waals surface area contributed by atoms with Crippen LogP contribution in [0.2, 0.25) is 0 Å². The Hall–Kier alpha value is -1.56. The predicted octanol–water partition coefficient (Wildman–Crippen LogP) is 2.42. The van der Waals surface area contributed by atoms with E-state index in [1.807, 2.05) is 11.1 Å². The van der Waals surface area contributed by atoms with Gasteiger partial charge in [0.25, 0.3) is 0 Å². The van der Waals surface area contributed by atoms with E-state index < -0.39 is 0 Å². The number of urea groups is 1. The summed E-state index contributed by atoms with van der Waals surface area (Å²) >= 11 is 0. The second-order valence-electron chi connectivity index (χ2n) is 6.87. The minimum absolute atomic E-state index is 0.0797. The summed E-state index contributed by atoms with van der Waals surface area (Å²) in [6, 6.07) is 0.0797. The minimum atomic E-state index is 0.0797. The maximum Gasteiger partial charge on any atom is 0.317 e. The van der Waals surface area contributed by atoms with Crippen LogP contribution in [0.4, 0.5) is 4.79 Å². The first-order valence-electron chi connectivity index (χ1n) is 8.54. The Balaban J connectivity index is 1.83. The lowest BCUT2D eigenvalue weighted by Gasteiger charge is -2.32. The van der Waals surface area contributed by atoms with E-state index in [1.54, 1.807) is 7.11 Å². The second kappa shape index (κ2) is 8.34. The largest absolute Gasteiger partial charge is 0.377 e. The number of carbonyl (C=O) groups excluding carboxylic acids is 1. The summed E-state index contributed by atoms with van der Waals surface area (Å²) in [4.78, 5) is 18.5. The summed E-state index contributed by atoms with van der Waals surface area (Å²) < 4.78 is 7.47. The van der Waals surface area contributed by atoms with Crippen molar-refractivity contribution in [2.45, 2.75) is 46.8 Å². The number of imidazole rings is 1. The van der Waals surface area contributed by atoms with Gasteiger partial charge in [-0.1, -0.05) is 13.8 Å². The van der Waals surface area contributed by atoms with Crippen molar-refractivity contribution in [3.8, 4) is 0 Å². The Morgan fingerprint density at radius 1 is 1.43 bits per heavy atom. The molecule has 0 spiro atoms. The molecule has 1 aromatic heterocycles. The van der Waals surface area contributed by atoms with Crippen LogP contribution in [0.5, 0.6) is 0 Å². The average molecular weight is 322 g/mol. The zero-order chi connectivity index (χ0) is 16.8. The Bertz CT molecular complexity index is 505. The molecule has 0 aliphatic carbocycles. The standard InChI is InChI=1S/C17H30N4O2/c1-13(2)9-19-17(22)20-7-5-15(6-8-20)11-21-14(3)10-18-16(21)12-23-4/h10,13,15H,5-9,11-12H2,1-4H3,(H,19,22). The molecule has 23 heavy (non-hydrogen) atoms. The van der Waals surface area contributed by atoms with Gasteiger partial charge in [0.05, 0.1) is 0 Å². The highest BCUT2D eigenvalue weighted by molar-refractivity contribution is 5.74. The fourth-order valence-electron chi connectivity index (χ4n) is 2.98. The summed E-state index contributed by atoms with van der Waals surface area (Å²) in [5, 5.41) is 3.00. The molecule has 1 N–H and O–H groups in total. The normalized spacial score (nSPS) is 16.1. The zero-order valence-corrected chi connectivity index (χ0v) is 14.8. The third-order valence-electron chi connectivity index (χ3n) is 4.42. The summed E-state index contributed by atoms with van der Waals surface area (Å²) in [6.07, 6.45) is 3.99. The molecule has 2 rings (SSSR count). The highest BCUT2D eigenvalue weighted by Crippen LogP contribution is 2.21. The number of rotatable bonds is 6. The fraction of sp³-hybridized carbons (Fsp3) is 0.765. The first-order chi connectivity index (χ1) is 11.0. The molecule has 1 aliphatic rings. The SMILES string of the molecule is COCc1ncc(C)n1CC1CCN(C(=O)NCC(C)C)CC1. The zero-order valence-electron chi connectivity index (χ0n) is 14.8. The van der Waals surface area contributed by atoms with Crippen molar-refractivity contribution in [2.24, 2.45) is 11.8 Å². The van der Waals surface area contributed by atoms with Crippen molar-refractivity contribution in [1.29, 1.82) is 0 Å². The van der Waals surface area contributed by atoms with E-state index in [1.165, 1.54) is 5.69 Å². The van der Waals surface area contributed by atoms with Crippen molar-refractivity contribution >= 4 is 6.03 Å². The van der Waals surface area contributed by atoms with E-state index >= 15 is 0 Å². The number of hydrogen-bond donors (Lipinski definition) is 1. The Kier molecular flexibility index (Phi) is 6.45. The van der Waals surface area contributed by atoms with Gasteiger partial charge in [-0.15, -0.1) is 0 Å². The molecule has 2 amide bonds. The highest BCUT2D eigenvalue weighted by atomic mass is 16.5. The molecule has 1 fully saturated rings. The quantitative estimate of drug-likeness (QED) is 0.875. The number of hydrogen-bond acceptors (Lipinski definition) is 3. The highest BCUT2D eigenvalue weighted by Gasteiger charge is 2.24. The number of amides is 2. The van der Waals surface area contributed by atoms with E-state index in [2.05, 4.69) is 35.6 Å². The molecule has 0 bridgehead atoms. The van der Waals surface area contributed by atoms with Crippen molar-refractivity contribution < 1.29 is 9.53 Å². The average Bonchev–Trinajstić information content (AvgIpc) is 2.87. The number of nitrogens with zero attached hydrogens (tertiary/aromatic N) is 3. The van der Waals surface area contributed by atoms with Crippen LogP contribution in [0.25, 0.3) is 0 Å². The number of aromatic nitrogens is 2. The maximum atomic E-state index is 12.1. The van der Waals surface area contributed by atoms with Crippen molar-refractivity contribution in [3.63, 3.8) is 0 Å². The topological polar surface area (TPSA) is 59.4 Å². The molecule has 0 aromatic carbocycles. The van der Waals surface area contributed by atoms with E-state index in [9.17, 15) is 4.79 Å². The van der Waals surface area contributed by atoms with Crippen molar-refractivity contribution in [1.82, 2.24) is 19.8 Å². The smallest absolute Gasteiger partial charge is 0.317 e. The number of aryl methyl sites for hydroxylation is 1. The summed E-state index contributed by atoms with van der Waals surface area (Å²) in [5.41, 5.74) is 1.18. The van der Waals surface area contributed by atoms with Crippen LogP contribution in [0.15, 0.2) is 6.20 Å². The number of carbonyl (C=O) groups is 1. The van der Waals surface area contributed by atoms with Crippen LogP contribution in [0.1, 0.15) is 38.2 Å². The number of methoxy groups -OCH3 is 1. The summed E-state index contributed by atoms with van der Waals surface area (Å²) in [6.45, 7) is 10.2. The first-order valence-corrected chi connectivity index (χ1v) is 8.54. The summed E-state index contributed by atoms with van der Waals surface area (Å²) in [5.74, 6) is 2.06. The maximum absolute atomic E-state index is 12.1. The molecule has 2 heterocycles. The van der Waals surface area contributed by atoms with Crippen molar-refractivity contribution in [2.75, 3.05) is 26.7 Å². The van der Waals surface area contributed by atoms with E-state index in [-0.39, 0.29) is 6.03 Å². The summed E-state index contributed by atoms with van der Waals surface area (Å²) in [7, 11) is 1.70. The van der Waals surface area contributed by atoms with Crippen LogP contribution in [0, 0.1) is 18.8 Å². The van der Waals surface area contributed by atoms with Crippen LogP contribution < -0.4 is 5.32 Å². The van der Waals surface area contributed by atoms with Gasteiger partial charge in [0.1, 0.15) is 12.4 Å².